The summed E-state index contributed by atoms with van der Waals surface area (Å²) in [6.07, 6.45) is 6.03. The quantitative estimate of drug-likeness (QED) is 0.359. The number of amides is 1. The smallest absolute Gasteiger partial charge is 0.235 e. The SMILES string of the molecule is COc1ccc2c(c1)[C@]1(C[C@H]1c1ccc3c(C=Cc4ccc(CCN5CCOCC5)cc4)n[nH]c3c1)C(=O)N2. The van der Waals surface area contributed by atoms with Gasteiger partial charge in [0.2, 0.25) is 5.91 Å². The van der Waals surface area contributed by atoms with Crippen LogP contribution >= 0.6 is 0 Å². The van der Waals surface area contributed by atoms with Gasteiger partial charge in [-0.15, -0.1) is 0 Å². The first-order valence-corrected chi connectivity index (χ1v) is 13.7. The molecule has 2 aliphatic heterocycles. The van der Waals surface area contributed by atoms with Gasteiger partial charge >= 0.3 is 0 Å². The first-order chi connectivity index (χ1) is 19.1. The second-order valence-electron chi connectivity index (χ2n) is 10.8. The third-order valence-corrected chi connectivity index (χ3v) is 8.57. The zero-order valence-electron chi connectivity index (χ0n) is 22.1. The van der Waals surface area contributed by atoms with Crippen LogP contribution in [-0.4, -0.2) is 61.0 Å². The summed E-state index contributed by atoms with van der Waals surface area (Å²) in [5.41, 5.74) is 6.98. The summed E-state index contributed by atoms with van der Waals surface area (Å²) >= 11 is 0. The lowest BCUT2D eigenvalue weighted by molar-refractivity contribution is -0.118. The van der Waals surface area contributed by atoms with Gasteiger partial charge in [0.25, 0.3) is 0 Å². The summed E-state index contributed by atoms with van der Waals surface area (Å²) < 4.78 is 10.9. The highest BCUT2D eigenvalue weighted by Gasteiger charge is 2.65. The number of fused-ring (bicyclic) bond motifs is 3. The second kappa shape index (κ2) is 9.67. The van der Waals surface area contributed by atoms with Crippen molar-refractivity contribution in [3.8, 4) is 5.75 Å². The summed E-state index contributed by atoms with van der Waals surface area (Å²) in [5.74, 6) is 0.994. The number of aromatic nitrogens is 2. The maximum Gasteiger partial charge on any atom is 0.235 e. The van der Waals surface area contributed by atoms with Crippen molar-refractivity contribution in [2.75, 3.05) is 45.3 Å². The molecule has 1 aliphatic carbocycles. The Balaban J connectivity index is 1.05. The van der Waals surface area contributed by atoms with E-state index in [1.54, 1.807) is 7.11 Å². The van der Waals surface area contributed by atoms with Gasteiger partial charge in [-0.2, -0.15) is 5.10 Å². The van der Waals surface area contributed by atoms with E-state index in [1.165, 1.54) is 5.56 Å². The predicted octanol–water partition coefficient (Wildman–Crippen LogP) is 4.99. The minimum Gasteiger partial charge on any atom is -0.497 e. The fourth-order valence-corrected chi connectivity index (χ4v) is 6.18. The van der Waals surface area contributed by atoms with E-state index >= 15 is 0 Å². The molecule has 1 amide bonds. The number of morpholine rings is 1. The van der Waals surface area contributed by atoms with Gasteiger partial charge in [0.15, 0.2) is 0 Å². The standard InChI is InChI=1S/C32H32N4O3/c1-38-24-8-11-29-26(19-24)32(31(37)33-29)20-27(32)23-7-9-25-28(34-35-30(25)18-23)10-6-21-2-4-22(5-3-21)12-13-36-14-16-39-17-15-36/h2-11,18-19,27H,12-17,20H2,1H3,(H,33,37)(H,34,35)/t27-,32-/m0/s1. The van der Waals surface area contributed by atoms with Gasteiger partial charge in [-0.3, -0.25) is 14.8 Å². The van der Waals surface area contributed by atoms with Crippen LogP contribution in [0.5, 0.6) is 5.75 Å². The molecule has 1 aromatic heterocycles. The number of nitrogens with zero attached hydrogens (tertiary/aromatic N) is 2. The molecular weight excluding hydrogens is 488 g/mol. The van der Waals surface area contributed by atoms with E-state index < -0.39 is 5.41 Å². The van der Waals surface area contributed by atoms with Crippen LogP contribution in [0.3, 0.4) is 0 Å². The number of nitrogens with one attached hydrogen (secondary N) is 2. The molecule has 7 rings (SSSR count). The minimum atomic E-state index is -0.505. The average molecular weight is 521 g/mol. The molecule has 7 nitrogen and oxygen atoms in total. The number of carbonyl (C=O) groups excluding carboxylic acids is 1. The average Bonchev–Trinajstić information content (AvgIpc) is 3.52. The normalized spacial score (nSPS) is 22.5. The largest absolute Gasteiger partial charge is 0.497 e. The van der Waals surface area contributed by atoms with Crippen molar-refractivity contribution in [3.05, 3.63) is 88.6 Å². The molecule has 3 aliphatic rings. The van der Waals surface area contributed by atoms with Crippen molar-refractivity contribution < 1.29 is 14.3 Å². The van der Waals surface area contributed by atoms with Crippen LogP contribution in [0.15, 0.2) is 60.7 Å². The number of carbonyl (C=O) groups is 1. The lowest BCUT2D eigenvalue weighted by Crippen LogP contribution is -2.37. The molecule has 3 heterocycles. The minimum absolute atomic E-state index is 0.0798. The molecule has 2 fully saturated rings. The third-order valence-electron chi connectivity index (χ3n) is 8.57. The summed E-state index contributed by atoms with van der Waals surface area (Å²) in [7, 11) is 1.66. The molecular formula is C32H32N4O3. The van der Waals surface area contributed by atoms with Gasteiger partial charge in [0, 0.05) is 36.6 Å². The number of benzene rings is 3. The van der Waals surface area contributed by atoms with Crippen LogP contribution in [0.2, 0.25) is 0 Å². The Labute approximate surface area is 227 Å². The van der Waals surface area contributed by atoms with E-state index in [2.05, 4.69) is 75.0 Å². The predicted molar refractivity (Wildman–Crippen MR) is 153 cm³/mol. The molecule has 1 spiro atoms. The van der Waals surface area contributed by atoms with Gasteiger partial charge in [-0.1, -0.05) is 42.5 Å². The van der Waals surface area contributed by atoms with Crippen LogP contribution < -0.4 is 10.1 Å². The van der Waals surface area contributed by atoms with Crippen molar-refractivity contribution in [2.24, 2.45) is 0 Å². The van der Waals surface area contributed by atoms with Crippen molar-refractivity contribution >= 4 is 34.6 Å². The fourth-order valence-electron chi connectivity index (χ4n) is 6.18. The Hall–Kier alpha value is -3.94. The summed E-state index contributed by atoms with van der Waals surface area (Å²) in [5, 5.41) is 11.9. The van der Waals surface area contributed by atoms with Gasteiger partial charge in [0.05, 0.1) is 36.9 Å². The summed E-state index contributed by atoms with van der Waals surface area (Å²) in [6, 6.07) is 21.0. The van der Waals surface area contributed by atoms with E-state index in [1.807, 2.05) is 18.2 Å². The molecule has 1 saturated carbocycles. The number of ether oxygens (including phenoxy) is 2. The van der Waals surface area contributed by atoms with Crippen LogP contribution in [0.25, 0.3) is 23.1 Å². The van der Waals surface area contributed by atoms with Crippen LogP contribution in [-0.2, 0) is 21.4 Å². The van der Waals surface area contributed by atoms with Crippen LogP contribution in [0, 0.1) is 0 Å². The zero-order chi connectivity index (χ0) is 26.4. The molecule has 7 heteroatoms. The van der Waals surface area contributed by atoms with E-state index in [0.717, 1.165) is 90.4 Å². The maximum atomic E-state index is 13.0. The topological polar surface area (TPSA) is 79.5 Å². The van der Waals surface area contributed by atoms with Gasteiger partial charge in [-0.25, -0.2) is 0 Å². The number of hydrogen-bond donors (Lipinski definition) is 2. The number of aromatic amines is 1. The number of anilines is 1. The van der Waals surface area contributed by atoms with E-state index in [9.17, 15) is 4.79 Å². The van der Waals surface area contributed by atoms with Gasteiger partial charge < -0.3 is 14.8 Å². The molecule has 0 radical (unpaired) electrons. The summed E-state index contributed by atoms with van der Waals surface area (Å²) in [6.45, 7) is 4.82. The Bertz CT molecular complexity index is 1570. The number of methoxy groups -OCH3 is 1. The lowest BCUT2D eigenvalue weighted by atomic mass is 9.91. The molecule has 4 aromatic rings. The van der Waals surface area contributed by atoms with E-state index in [4.69, 9.17) is 9.47 Å². The lowest BCUT2D eigenvalue weighted by Gasteiger charge is -2.26. The molecule has 0 bridgehead atoms. The Kier molecular flexibility index (Phi) is 5.98. The summed E-state index contributed by atoms with van der Waals surface area (Å²) in [4.78, 5) is 15.5. The number of H-pyrrole nitrogens is 1. The van der Waals surface area contributed by atoms with Crippen molar-refractivity contribution in [3.63, 3.8) is 0 Å². The Morgan fingerprint density at radius 1 is 1.08 bits per heavy atom. The van der Waals surface area contributed by atoms with E-state index in [0.29, 0.717) is 0 Å². The number of rotatable bonds is 7. The molecule has 2 atom stereocenters. The molecule has 1 saturated heterocycles. The molecule has 2 N–H and O–H groups in total. The highest BCUT2D eigenvalue weighted by Crippen LogP contribution is 2.65. The maximum absolute atomic E-state index is 13.0. The zero-order valence-corrected chi connectivity index (χ0v) is 22.1. The van der Waals surface area contributed by atoms with E-state index in [-0.39, 0.29) is 11.8 Å². The fraction of sp³-hybridized carbons (Fsp3) is 0.312. The number of hydrogen-bond acceptors (Lipinski definition) is 5. The molecule has 39 heavy (non-hydrogen) atoms. The van der Waals surface area contributed by atoms with Gasteiger partial charge in [-0.05, 0) is 65.4 Å². The first kappa shape index (κ1) is 24.1. The van der Waals surface area contributed by atoms with Crippen molar-refractivity contribution in [2.45, 2.75) is 24.2 Å². The molecule has 3 aromatic carbocycles. The Morgan fingerprint density at radius 3 is 2.74 bits per heavy atom. The molecule has 0 unspecified atom stereocenters. The highest BCUT2D eigenvalue weighted by molar-refractivity contribution is 6.10. The monoisotopic (exact) mass is 520 g/mol. The van der Waals surface area contributed by atoms with Crippen LogP contribution in [0.1, 0.15) is 40.3 Å². The van der Waals surface area contributed by atoms with Gasteiger partial charge in [0.1, 0.15) is 5.75 Å². The third kappa shape index (κ3) is 4.32. The Morgan fingerprint density at radius 2 is 1.92 bits per heavy atom. The van der Waals surface area contributed by atoms with Crippen LogP contribution in [0.4, 0.5) is 5.69 Å². The second-order valence-corrected chi connectivity index (χ2v) is 10.8. The highest BCUT2D eigenvalue weighted by atomic mass is 16.5. The molecule has 198 valence electrons. The van der Waals surface area contributed by atoms with Crippen molar-refractivity contribution in [1.29, 1.82) is 0 Å². The first-order valence-electron chi connectivity index (χ1n) is 13.7. The van der Waals surface area contributed by atoms with Crippen molar-refractivity contribution in [1.82, 2.24) is 15.1 Å².